The van der Waals surface area contributed by atoms with E-state index in [-0.39, 0.29) is 24.7 Å². The Morgan fingerprint density at radius 3 is 2.48 bits per heavy atom. The fourth-order valence-corrected chi connectivity index (χ4v) is 2.25. The first-order valence-corrected chi connectivity index (χ1v) is 8.26. The minimum atomic E-state index is -0.277. The van der Waals surface area contributed by atoms with Gasteiger partial charge >= 0.3 is 0 Å². The molecule has 0 saturated carbocycles. The minimum absolute atomic E-state index is 0.0966. The zero-order valence-corrected chi connectivity index (χ0v) is 14.6. The summed E-state index contributed by atoms with van der Waals surface area (Å²) in [5.74, 6) is -0.461. The molecule has 25 heavy (non-hydrogen) atoms. The molecule has 0 atom stereocenters. The zero-order chi connectivity index (χ0) is 18.1. The molecule has 2 aromatic rings. The highest BCUT2D eigenvalue weighted by atomic mass is 16.2. The molecule has 2 aromatic carbocycles. The van der Waals surface area contributed by atoms with Crippen molar-refractivity contribution in [3.05, 3.63) is 65.2 Å². The fraction of sp³-hybridized carbons (Fsp3) is 0.250. The van der Waals surface area contributed by atoms with Crippen LogP contribution in [0, 0.1) is 13.8 Å². The Kier molecular flexibility index (Phi) is 6.89. The molecule has 2 amide bonds. The van der Waals surface area contributed by atoms with Crippen molar-refractivity contribution in [2.75, 3.05) is 5.32 Å². The Morgan fingerprint density at radius 1 is 1.00 bits per heavy atom. The van der Waals surface area contributed by atoms with E-state index in [2.05, 4.69) is 15.8 Å². The second kappa shape index (κ2) is 9.37. The number of nitrogens with one attached hydrogen (secondary N) is 2. The summed E-state index contributed by atoms with van der Waals surface area (Å²) in [4.78, 5) is 23.7. The number of aryl methyl sites for hydroxylation is 2. The van der Waals surface area contributed by atoms with Crippen molar-refractivity contribution in [2.24, 2.45) is 5.10 Å². The van der Waals surface area contributed by atoms with Crippen LogP contribution in [0.15, 0.2) is 53.6 Å². The van der Waals surface area contributed by atoms with Gasteiger partial charge in [-0.1, -0.05) is 42.5 Å². The van der Waals surface area contributed by atoms with E-state index in [4.69, 9.17) is 0 Å². The molecule has 0 aliphatic heterocycles. The molecule has 0 aromatic heterocycles. The maximum atomic E-state index is 12.0. The van der Waals surface area contributed by atoms with Gasteiger partial charge in [0, 0.05) is 31.2 Å². The number of rotatable bonds is 7. The summed E-state index contributed by atoms with van der Waals surface area (Å²) < 4.78 is 0. The van der Waals surface area contributed by atoms with Gasteiger partial charge in [0.25, 0.3) is 0 Å². The van der Waals surface area contributed by atoms with Crippen molar-refractivity contribution in [3.8, 4) is 0 Å². The normalized spacial score (nSPS) is 10.6. The topological polar surface area (TPSA) is 70.6 Å². The van der Waals surface area contributed by atoms with E-state index in [9.17, 15) is 9.59 Å². The van der Waals surface area contributed by atoms with Gasteiger partial charge in [-0.3, -0.25) is 9.59 Å². The van der Waals surface area contributed by atoms with Gasteiger partial charge in [0.05, 0.1) is 0 Å². The average Bonchev–Trinajstić information content (AvgIpc) is 2.61. The maximum Gasteiger partial charge on any atom is 0.240 e. The molecular weight excluding hydrogens is 314 g/mol. The Labute approximate surface area is 148 Å². The average molecular weight is 337 g/mol. The number of nitrogens with zero attached hydrogens (tertiary/aromatic N) is 1. The lowest BCUT2D eigenvalue weighted by molar-refractivity contribution is -0.124. The van der Waals surface area contributed by atoms with Crippen LogP contribution in [-0.4, -0.2) is 18.0 Å². The molecule has 0 aliphatic rings. The summed E-state index contributed by atoms with van der Waals surface area (Å²) in [5, 5.41) is 6.74. The third kappa shape index (κ3) is 6.59. The van der Waals surface area contributed by atoms with Crippen LogP contribution in [0.1, 0.15) is 29.5 Å². The van der Waals surface area contributed by atoms with Crippen molar-refractivity contribution in [2.45, 2.75) is 33.1 Å². The number of carbonyl (C=O) groups is 2. The van der Waals surface area contributed by atoms with Gasteiger partial charge in [-0.25, -0.2) is 5.43 Å². The summed E-state index contributed by atoms with van der Waals surface area (Å²) in [7, 11) is 0. The molecule has 0 saturated heterocycles. The number of carbonyl (C=O) groups excluding carboxylic acids is 2. The predicted molar refractivity (Wildman–Crippen MR) is 101 cm³/mol. The number of benzene rings is 2. The Morgan fingerprint density at radius 2 is 1.72 bits per heavy atom. The van der Waals surface area contributed by atoms with Crippen LogP contribution >= 0.6 is 0 Å². The molecule has 0 fully saturated rings. The van der Waals surface area contributed by atoms with Crippen molar-refractivity contribution >= 4 is 23.7 Å². The SMILES string of the molecule is Cc1ccc(C)c(NC(=O)CCC(=O)NN=CCc2ccccc2)c1. The van der Waals surface area contributed by atoms with E-state index in [1.165, 1.54) is 0 Å². The fourth-order valence-electron chi connectivity index (χ4n) is 2.25. The van der Waals surface area contributed by atoms with Gasteiger partial charge in [-0.05, 0) is 36.6 Å². The molecule has 2 rings (SSSR count). The highest BCUT2D eigenvalue weighted by Crippen LogP contribution is 2.16. The van der Waals surface area contributed by atoms with Crippen LogP contribution in [-0.2, 0) is 16.0 Å². The van der Waals surface area contributed by atoms with Gasteiger partial charge in [0.15, 0.2) is 0 Å². The molecule has 0 bridgehead atoms. The number of hydrogen-bond acceptors (Lipinski definition) is 3. The molecule has 130 valence electrons. The lowest BCUT2D eigenvalue weighted by Gasteiger charge is -2.09. The van der Waals surface area contributed by atoms with Gasteiger partial charge in [-0.2, -0.15) is 5.10 Å². The Bertz CT molecular complexity index is 755. The highest BCUT2D eigenvalue weighted by molar-refractivity contribution is 5.93. The first kappa shape index (κ1) is 18.4. The van der Waals surface area contributed by atoms with Crippen molar-refractivity contribution in [1.29, 1.82) is 0 Å². The molecule has 5 heteroatoms. The zero-order valence-electron chi connectivity index (χ0n) is 14.6. The lowest BCUT2D eigenvalue weighted by atomic mass is 10.1. The van der Waals surface area contributed by atoms with Gasteiger partial charge in [0.1, 0.15) is 0 Å². The second-order valence-electron chi connectivity index (χ2n) is 5.90. The highest BCUT2D eigenvalue weighted by Gasteiger charge is 2.08. The summed E-state index contributed by atoms with van der Waals surface area (Å²) in [5.41, 5.74) is 6.42. The molecule has 2 N–H and O–H groups in total. The summed E-state index contributed by atoms with van der Waals surface area (Å²) in [6, 6.07) is 15.7. The van der Waals surface area contributed by atoms with Crippen LogP contribution in [0.4, 0.5) is 5.69 Å². The molecule has 0 spiro atoms. The maximum absolute atomic E-state index is 12.0. The van der Waals surface area contributed by atoms with Crippen LogP contribution in [0.25, 0.3) is 0 Å². The number of anilines is 1. The lowest BCUT2D eigenvalue weighted by Crippen LogP contribution is -2.21. The van der Waals surface area contributed by atoms with Crippen molar-refractivity contribution in [1.82, 2.24) is 5.43 Å². The van der Waals surface area contributed by atoms with E-state index in [1.54, 1.807) is 6.21 Å². The first-order valence-electron chi connectivity index (χ1n) is 8.26. The summed E-state index contributed by atoms with van der Waals surface area (Å²) >= 11 is 0. The molecule has 0 heterocycles. The molecule has 0 aliphatic carbocycles. The third-order valence-corrected chi connectivity index (χ3v) is 3.70. The molecule has 0 radical (unpaired) electrons. The van der Waals surface area contributed by atoms with E-state index in [0.29, 0.717) is 6.42 Å². The van der Waals surface area contributed by atoms with Crippen LogP contribution in [0.3, 0.4) is 0 Å². The predicted octanol–water partition coefficient (Wildman–Crippen LogP) is 3.37. The Balaban J connectivity index is 1.70. The van der Waals surface area contributed by atoms with Crippen LogP contribution < -0.4 is 10.7 Å². The quantitative estimate of drug-likeness (QED) is 0.601. The van der Waals surface area contributed by atoms with Crippen molar-refractivity contribution in [3.63, 3.8) is 0 Å². The van der Waals surface area contributed by atoms with Crippen LogP contribution in [0.5, 0.6) is 0 Å². The minimum Gasteiger partial charge on any atom is -0.326 e. The number of hydrazone groups is 1. The van der Waals surface area contributed by atoms with Gasteiger partial charge < -0.3 is 5.32 Å². The summed E-state index contributed by atoms with van der Waals surface area (Å²) in [6.45, 7) is 3.90. The number of amides is 2. The molecular formula is C20H23N3O2. The third-order valence-electron chi connectivity index (χ3n) is 3.70. The van der Waals surface area contributed by atoms with Gasteiger partial charge in [-0.15, -0.1) is 0 Å². The van der Waals surface area contributed by atoms with Crippen LogP contribution in [0.2, 0.25) is 0 Å². The Hall–Kier alpha value is -2.95. The first-order chi connectivity index (χ1) is 12.0. The van der Waals surface area contributed by atoms with E-state index in [1.807, 2.05) is 62.4 Å². The smallest absolute Gasteiger partial charge is 0.240 e. The van der Waals surface area contributed by atoms with E-state index < -0.39 is 0 Å². The van der Waals surface area contributed by atoms with Crippen molar-refractivity contribution < 1.29 is 9.59 Å². The second-order valence-corrected chi connectivity index (χ2v) is 5.90. The van der Waals surface area contributed by atoms with E-state index >= 15 is 0 Å². The molecule has 0 unspecified atom stereocenters. The van der Waals surface area contributed by atoms with Gasteiger partial charge in [0.2, 0.25) is 11.8 Å². The monoisotopic (exact) mass is 337 g/mol. The largest absolute Gasteiger partial charge is 0.326 e. The molecule has 5 nitrogen and oxygen atoms in total. The van der Waals surface area contributed by atoms with E-state index in [0.717, 1.165) is 22.4 Å². The summed E-state index contributed by atoms with van der Waals surface area (Å²) in [6.07, 6.45) is 2.50. The standard InChI is InChI=1S/C20H23N3O2/c1-15-8-9-16(2)18(14-15)22-19(24)10-11-20(25)23-21-13-12-17-6-4-3-5-7-17/h3-9,13-14H,10-12H2,1-2H3,(H,22,24)(H,23,25). The number of hydrogen-bond donors (Lipinski definition) is 2.